The summed E-state index contributed by atoms with van der Waals surface area (Å²) in [5.74, 6) is -2.34. The van der Waals surface area contributed by atoms with Crippen molar-refractivity contribution in [3.8, 4) is 11.5 Å². The quantitative estimate of drug-likeness (QED) is 0.311. The fraction of sp³-hybridized carbons (Fsp3) is 0.200. The summed E-state index contributed by atoms with van der Waals surface area (Å²) < 4.78 is 43.4. The van der Waals surface area contributed by atoms with Gasteiger partial charge in [-0.05, 0) is 23.3 Å². The van der Waals surface area contributed by atoms with Crippen LogP contribution in [0.15, 0.2) is 88.3 Å². The molecule has 0 radical (unpaired) electrons. The molecule has 0 saturated carbocycles. The first-order chi connectivity index (χ1) is 19.3. The molecule has 0 spiro atoms. The molecule has 6 rings (SSSR count). The minimum absolute atomic E-state index is 0.0462. The third kappa shape index (κ3) is 4.42. The SMILES string of the molecule is CN1C(=O)c2c(OCc3ccccc3)c(=O)ccn2N2C(c3ccccc3Br)c3cc(F)c(F)cc3OCC[C@@H]12. The molecule has 3 heterocycles. The first kappa shape index (κ1) is 26.1. The van der Waals surface area contributed by atoms with Crippen LogP contribution in [0.25, 0.3) is 0 Å². The lowest BCUT2D eigenvalue weighted by Gasteiger charge is -2.50. The summed E-state index contributed by atoms with van der Waals surface area (Å²) in [5, 5.41) is 1.89. The Balaban J connectivity index is 1.59. The summed E-state index contributed by atoms with van der Waals surface area (Å²) in [6, 6.07) is 19.5. The lowest BCUT2D eigenvalue weighted by atomic mass is 9.94. The minimum Gasteiger partial charge on any atom is -0.493 e. The summed E-state index contributed by atoms with van der Waals surface area (Å²) in [4.78, 5) is 28.4. The number of hydrogen-bond donors (Lipinski definition) is 0. The fourth-order valence-corrected chi connectivity index (χ4v) is 5.82. The van der Waals surface area contributed by atoms with Crippen molar-refractivity contribution in [1.29, 1.82) is 0 Å². The van der Waals surface area contributed by atoms with Crippen molar-refractivity contribution >= 4 is 21.8 Å². The number of fused-ring (bicyclic) bond motifs is 4. The number of halogens is 3. The van der Waals surface area contributed by atoms with Gasteiger partial charge in [-0.25, -0.2) is 8.78 Å². The van der Waals surface area contributed by atoms with Crippen molar-refractivity contribution < 1.29 is 23.0 Å². The Hall–Kier alpha value is -4.18. The molecule has 0 aliphatic carbocycles. The zero-order chi connectivity index (χ0) is 28.0. The van der Waals surface area contributed by atoms with Crippen molar-refractivity contribution in [3.05, 3.63) is 128 Å². The predicted octanol–water partition coefficient (Wildman–Crippen LogP) is 5.39. The van der Waals surface area contributed by atoms with Crippen LogP contribution < -0.4 is 19.9 Å². The van der Waals surface area contributed by atoms with Gasteiger partial charge in [0.2, 0.25) is 5.43 Å². The van der Waals surface area contributed by atoms with E-state index in [-0.39, 0.29) is 30.4 Å². The van der Waals surface area contributed by atoms with Gasteiger partial charge in [-0.2, -0.15) is 0 Å². The zero-order valence-corrected chi connectivity index (χ0v) is 23.0. The highest BCUT2D eigenvalue weighted by atomic mass is 79.9. The number of carbonyl (C=O) groups is 1. The summed E-state index contributed by atoms with van der Waals surface area (Å²) in [7, 11) is 1.65. The average Bonchev–Trinajstić information content (AvgIpc) is 2.95. The van der Waals surface area contributed by atoms with Crippen molar-refractivity contribution in [1.82, 2.24) is 9.58 Å². The first-order valence-electron chi connectivity index (χ1n) is 12.7. The number of aromatic nitrogens is 1. The molecule has 0 bridgehead atoms. The maximum absolute atomic E-state index is 14.8. The van der Waals surface area contributed by atoms with Crippen molar-refractivity contribution in [2.45, 2.75) is 25.2 Å². The summed E-state index contributed by atoms with van der Waals surface area (Å²) in [6.07, 6.45) is 1.33. The molecule has 10 heteroatoms. The lowest BCUT2D eigenvalue weighted by Crippen LogP contribution is -2.62. The number of ether oxygens (including phenoxy) is 2. The van der Waals surface area contributed by atoms with Gasteiger partial charge in [0.05, 0.1) is 6.61 Å². The Kier molecular flexibility index (Phi) is 6.79. The Labute approximate surface area is 237 Å². The predicted molar refractivity (Wildman–Crippen MR) is 148 cm³/mol. The second kappa shape index (κ2) is 10.4. The molecule has 2 aliphatic rings. The molecule has 3 aromatic carbocycles. The molecule has 204 valence electrons. The van der Waals surface area contributed by atoms with Crippen molar-refractivity contribution in [2.24, 2.45) is 0 Å². The normalized spacial score (nSPS) is 18.1. The number of pyridine rings is 1. The number of hydrogen-bond acceptors (Lipinski definition) is 5. The summed E-state index contributed by atoms with van der Waals surface area (Å²) in [6.45, 7) is 0.231. The zero-order valence-electron chi connectivity index (χ0n) is 21.4. The van der Waals surface area contributed by atoms with E-state index in [1.54, 1.807) is 11.7 Å². The van der Waals surface area contributed by atoms with E-state index >= 15 is 0 Å². The smallest absolute Gasteiger partial charge is 0.277 e. The van der Waals surface area contributed by atoms with Gasteiger partial charge in [-0.1, -0.05) is 64.5 Å². The topological polar surface area (TPSA) is 64.0 Å². The minimum atomic E-state index is -1.02. The molecule has 4 aromatic rings. The van der Waals surface area contributed by atoms with Crippen LogP contribution in [0.5, 0.6) is 11.5 Å². The van der Waals surface area contributed by atoms with Crippen LogP contribution in [0, 0.1) is 11.6 Å². The third-order valence-corrected chi connectivity index (χ3v) is 7.95. The Bertz CT molecular complexity index is 1660. The molecule has 1 amide bonds. The maximum atomic E-state index is 14.8. The van der Waals surface area contributed by atoms with Crippen LogP contribution >= 0.6 is 15.9 Å². The van der Waals surface area contributed by atoms with E-state index in [2.05, 4.69) is 15.9 Å². The van der Waals surface area contributed by atoms with Crippen LogP contribution in [0.4, 0.5) is 8.78 Å². The number of carbonyl (C=O) groups excluding carboxylic acids is 1. The van der Waals surface area contributed by atoms with Crippen LogP contribution in [-0.4, -0.2) is 35.3 Å². The van der Waals surface area contributed by atoms with E-state index in [1.165, 1.54) is 17.2 Å². The second-order valence-corrected chi connectivity index (χ2v) is 10.5. The second-order valence-electron chi connectivity index (χ2n) is 9.62. The summed E-state index contributed by atoms with van der Waals surface area (Å²) >= 11 is 3.62. The van der Waals surface area contributed by atoms with Gasteiger partial charge in [-0.3, -0.25) is 19.3 Å². The number of amides is 1. The van der Waals surface area contributed by atoms with E-state index in [0.29, 0.717) is 12.0 Å². The van der Waals surface area contributed by atoms with Gasteiger partial charge in [0.25, 0.3) is 5.91 Å². The Morgan fingerprint density at radius 2 is 1.70 bits per heavy atom. The third-order valence-electron chi connectivity index (χ3n) is 7.23. The van der Waals surface area contributed by atoms with E-state index in [1.807, 2.05) is 59.6 Å². The van der Waals surface area contributed by atoms with Crippen LogP contribution in [0.2, 0.25) is 0 Å². The van der Waals surface area contributed by atoms with Crippen molar-refractivity contribution in [2.75, 3.05) is 18.7 Å². The van der Waals surface area contributed by atoms with E-state index in [0.717, 1.165) is 27.7 Å². The molecule has 2 aliphatic heterocycles. The van der Waals surface area contributed by atoms with E-state index in [9.17, 15) is 18.4 Å². The Morgan fingerprint density at radius 3 is 2.48 bits per heavy atom. The molecule has 0 saturated heterocycles. The highest BCUT2D eigenvalue weighted by Gasteiger charge is 2.44. The molecule has 1 aromatic heterocycles. The van der Waals surface area contributed by atoms with Crippen LogP contribution in [-0.2, 0) is 6.61 Å². The largest absolute Gasteiger partial charge is 0.493 e. The fourth-order valence-electron chi connectivity index (χ4n) is 5.32. The van der Waals surface area contributed by atoms with Crippen molar-refractivity contribution in [3.63, 3.8) is 0 Å². The highest BCUT2D eigenvalue weighted by molar-refractivity contribution is 9.10. The van der Waals surface area contributed by atoms with Gasteiger partial charge in [0, 0.05) is 41.8 Å². The number of rotatable bonds is 4. The van der Waals surface area contributed by atoms with Gasteiger partial charge in [-0.15, -0.1) is 0 Å². The molecule has 40 heavy (non-hydrogen) atoms. The highest BCUT2D eigenvalue weighted by Crippen LogP contribution is 2.43. The maximum Gasteiger partial charge on any atom is 0.277 e. The van der Waals surface area contributed by atoms with E-state index < -0.39 is 35.2 Å². The average molecular weight is 608 g/mol. The monoisotopic (exact) mass is 607 g/mol. The molecule has 0 fully saturated rings. The molecule has 1 unspecified atom stereocenters. The first-order valence-corrected chi connectivity index (χ1v) is 13.5. The molecular formula is C30H24BrF2N3O4. The van der Waals surface area contributed by atoms with Gasteiger partial charge in [0.1, 0.15) is 24.6 Å². The lowest BCUT2D eigenvalue weighted by molar-refractivity contribution is 0.0569. The van der Waals surface area contributed by atoms with Crippen LogP contribution in [0.3, 0.4) is 0 Å². The van der Waals surface area contributed by atoms with E-state index in [4.69, 9.17) is 9.47 Å². The Morgan fingerprint density at radius 1 is 0.975 bits per heavy atom. The summed E-state index contributed by atoms with van der Waals surface area (Å²) in [5.41, 5.74) is 1.53. The van der Waals surface area contributed by atoms with Crippen LogP contribution in [0.1, 0.15) is 39.6 Å². The molecule has 2 atom stereocenters. The van der Waals surface area contributed by atoms with Gasteiger partial charge < -0.3 is 14.4 Å². The van der Waals surface area contributed by atoms with Gasteiger partial charge in [0.15, 0.2) is 23.1 Å². The molecule has 7 nitrogen and oxygen atoms in total. The number of benzene rings is 3. The standard InChI is InChI=1S/C30H24BrF2N3O4/c1-34-26-12-14-39-25-16-23(33)22(32)15-20(25)27(19-9-5-6-10-21(19)31)36(26)35-13-11-24(37)29(28(35)30(34)38)40-17-18-7-3-2-4-8-18/h2-11,13,15-16,26-27H,12,14,17H2,1H3/t26-,27?/m0/s1. The molecular weight excluding hydrogens is 584 g/mol. The van der Waals surface area contributed by atoms with Gasteiger partial charge >= 0.3 is 0 Å². The molecule has 0 N–H and O–H groups in total. The number of nitrogens with zero attached hydrogens (tertiary/aromatic N) is 3.